The molecule has 0 aromatic heterocycles. The Labute approximate surface area is 135 Å². The molecule has 124 valence electrons. The summed E-state index contributed by atoms with van der Waals surface area (Å²) in [5.41, 5.74) is 0.927. The minimum atomic E-state index is -0.582. The second-order valence-electron chi connectivity index (χ2n) is 5.13. The van der Waals surface area contributed by atoms with Crippen molar-refractivity contribution < 1.29 is 28.5 Å². The zero-order chi connectivity index (χ0) is 16.8. The molecule has 2 rings (SSSR count). The van der Waals surface area contributed by atoms with Crippen molar-refractivity contribution in [3.8, 4) is 5.75 Å². The highest BCUT2D eigenvalue weighted by Crippen LogP contribution is 2.29. The third kappa shape index (κ3) is 4.82. The molecule has 0 bridgehead atoms. The van der Waals surface area contributed by atoms with E-state index in [4.69, 9.17) is 18.9 Å². The van der Waals surface area contributed by atoms with Crippen molar-refractivity contribution in [2.75, 3.05) is 13.7 Å². The molecule has 0 N–H and O–H groups in total. The molecule has 0 unspecified atom stereocenters. The topological polar surface area (TPSA) is 71.1 Å². The Morgan fingerprint density at radius 1 is 1.09 bits per heavy atom. The van der Waals surface area contributed by atoms with Crippen molar-refractivity contribution >= 4 is 11.9 Å². The lowest BCUT2D eigenvalue weighted by Gasteiger charge is -2.31. The molecule has 0 amide bonds. The summed E-state index contributed by atoms with van der Waals surface area (Å²) < 4.78 is 21.3. The molecular formula is C17H20O6. The van der Waals surface area contributed by atoms with Gasteiger partial charge in [-0.05, 0) is 23.8 Å². The van der Waals surface area contributed by atoms with Crippen LogP contribution in [0.1, 0.15) is 25.5 Å². The molecule has 0 saturated carbocycles. The van der Waals surface area contributed by atoms with Crippen LogP contribution in [0.15, 0.2) is 36.4 Å². The minimum Gasteiger partial charge on any atom is -0.497 e. The quantitative estimate of drug-likeness (QED) is 0.612. The summed E-state index contributed by atoms with van der Waals surface area (Å²) in [5.74, 6) is -0.0764. The monoisotopic (exact) mass is 320 g/mol. The van der Waals surface area contributed by atoms with E-state index in [0.29, 0.717) is 0 Å². The average Bonchev–Trinajstić information content (AvgIpc) is 2.53. The van der Waals surface area contributed by atoms with Crippen molar-refractivity contribution in [1.29, 1.82) is 0 Å². The van der Waals surface area contributed by atoms with Gasteiger partial charge in [0.1, 0.15) is 30.7 Å². The van der Waals surface area contributed by atoms with Gasteiger partial charge >= 0.3 is 11.9 Å². The Morgan fingerprint density at radius 2 is 1.78 bits per heavy atom. The van der Waals surface area contributed by atoms with Crippen LogP contribution in [-0.4, -0.2) is 37.9 Å². The maximum atomic E-state index is 11.2. The lowest BCUT2D eigenvalue weighted by Crippen LogP contribution is -2.39. The number of carbonyl (C=O) groups excluding carboxylic acids is 2. The van der Waals surface area contributed by atoms with Gasteiger partial charge in [0.05, 0.1) is 7.11 Å². The molecule has 0 radical (unpaired) electrons. The van der Waals surface area contributed by atoms with Crippen molar-refractivity contribution in [2.45, 2.75) is 32.2 Å². The Hall–Kier alpha value is -2.34. The number of hydrogen-bond acceptors (Lipinski definition) is 6. The van der Waals surface area contributed by atoms with Gasteiger partial charge in [-0.2, -0.15) is 0 Å². The molecule has 6 heteroatoms. The number of hydrogen-bond donors (Lipinski definition) is 0. The third-order valence-corrected chi connectivity index (χ3v) is 3.36. The van der Waals surface area contributed by atoms with Crippen LogP contribution in [0.5, 0.6) is 5.75 Å². The average molecular weight is 320 g/mol. The maximum absolute atomic E-state index is 11.2. The van der Waals surface area contributed by atoms with Crippen LogP contribution in [0.4, 0.5) is 0 Å². The standard InChI is InChI=1S/C17H20O6/c1-11(18)21-10-17-16(22-12(2)19)9-8-15(23-17)13-4-6-14(20-3)7-5-13/h4-9,15-17H,10H2,1-3H3/t15-,16-,17+/m0/s1. The van der Waals surface area contributed by atoms with E-state index in [2.05, 4.69) is 0 Å². The van der Waals surface area contributed by atoms with Gasteiger partial charge in [0.25, 0.3) is 0 Å². The Kier molecular flexibility index (Phi) is 5.76. The first-order valence-corrected chi connectivity index (χ1v) is 7.28. The summed E-state index contributed by atoms with van der Waals surface area (Å²) >= 11 is 0. The molecule has 1 aliphatic rings. The van der Waals surface area contributed by atoms with E-state index in [1.165, 1.54) is 13.8 Å². The summed E-state index contributed by atoms with van der Waals surface area (Å²) in [6.45, 7) is 2.66. The fourth-order valence-corrected chi connectivity index (χ4v) is 2.27. The first-order valence-electron chi connectivity index (χ1n) is 7.28. The molecule has 0 aliphatic carbocycles. The van der Waals surface area contributed by atoms with Gasteiger partial charge in [0.15, 0.2) is 0 Å². The van der Waals surface area contributed by atoms with Gasteiger partial charge in [-0.25, -0.2) is 0 Å². The molecule has 1 aromatic carbocycles. The SMILES string of the molecule is COc1ccc([C@@H]2C=C[C@H](OC(C)=O)[C@@H](COC(C)=O)O2)cc1. The van der Waals surface area contributed by atoms with Gasteiger partial charge in [0.2, 0.25) is 0 Å². The molecule has 3 atom stereocenters. The van der Waals surface area contributed by atoms with Gasteiger partial charge in [-0.3, -0.25) is 9.59 Å². The number of carbonyl (C=O) groups is 2. The van der Waals surface area contributed by atoms with Crippen LogP contribution in [0, 0.1) is 0 Å². The maximum Gasteiger partial charge on any atom is 0.303 e. The summed E-state index contributed by atoms with van der Waals surface area (Å²) in [7, 11) is 1.60. The highest BCUT2D eigenvalue weighted by Gasteiger charge is 2.31. The van der Waals surface area contributed by atoms with Gasteiger partial charge in [-0.1, -0.05) is 18.2 Å². The normalized spacial score (nSPS) is 23.2. The van der Waals surface area contributed by atoms with E-state index < -0.39 is 24.1 Å². The van der Waals surface area contributed by atoms with Gasteiger partial charge < -0.3 is 18.9 Å². The van der Waals surface area contributed by atoms with E-state index in [1.54, 1.807) is 13.2 Å². The molecule has 23 heavy (non-hydrogen) atoms. The zero-order valence-corrected chi connectivity index (χ0v) is 13.4. The first kappa shape index (κ1) is 17.0. The van der Waals surface area contributed by atoms with E-state index in [0.717, 1.165) is 11.3 Å². The lowest BCUT2D eigenvalue weighted by molar-refractivity contribution is -0.163. The van der Waals surface area contributed by atoms with Crippen molar-refractivity contribution in [3.05, 3.63) is 42.0 Å². The molecule has 1 heterocycles. The molecule has 0 saturated heterocycles. The van der Waals surface area contributed by atoms with Crippen molar-refractivity contribution in [2.24, 2.45) is 0 Å². The van der Waals surface area contributed by atoms with Gasteiger partial charge in [0, 0.05) is 13.8 Å². The Bertz CT molecular complexity index is 577. The van der Waals surface area contributed by atoms with Crippen LogP contribution in [-0.2, 0) is 23.8 Å². The third-order valence-electron chi connectivity index (χ3n) is 3.36. The number of methoxy groups -OCH3 is 1. The Morgan fingerprint density at radius 3 is 2.35 bits per heavy atom. The number of ether oxygens (including phenoxy) is 4. The van der Waals surface area contributed by atoms with Crippen LogP contribution < -0.4 is 4.74 Å². The van der Waals surface area contributed by atoms with E-state index in [9.17, 15) is 9.59 Å². The van der Waals surface area contributed by atoms with E-state index in [1.807, 2.05) is 30.3 Å². The zero-order valence-electron chi connectivity index (χ0n) is 13.4. The van der Waals surface area contributed by atoms with Crippen LogP contribution in [0.3, 0.4) is 0 Å². The molecule has 1 aliphatic heterocycles. The van der Waals surface area contributed by atoms with E-state index >= 15 is 0 Å². The lowest BCUT2D eigenvalue weighted by atomic mass is 10.0. The smallest absolute Gasteiger partial charge is 0.303 e. The molecule has 0 spiro atoms. The fraction of sp³-hybridized carbons (Fsp3) is 0.412. The summed E-state index contributed by atoms with van der Waals surface area (Å²) in [6.07, 6.45) is 2.13. The molecular weight excluding hydrogens is 300 g/mol. The highest BCUT2D eigenvalue weighted by atomic mass is 16.6. The second kappa shape index (κ2) is 7.78. The van der Waals surface area contributed by atoms with Crippen LogP contribution >= 0.6 is 0 Å². The van der Waals surface area contributed by atoms with Crippen molar-refractivity contribution in [1.82, 2.24) is 0 Å². The molecule has 0 fully saturated rings. The van der Waals surface area contributed by atoms with E-state index in [-0.39, 0.29) is 12.7 Å². The van der Waals surface area contributed by atoms with Crippen LogP contribution in [0.25, 0.3) is 0 Å². The number of benzene rings is 1. The summed E-state index contributed by atoms with van der Waals surface area (Å²) in [4.78, 5) is 22.2. The largest absolute Gasteiger partial charge is 0.497 e. The fourth-order valence-electron chi connectivity index (χ4n) is 2.27. The minimum absolute atomic E-state index is 0.0181. The Balaban J connectivity index is 2.13. The molecule has 6 nitrogen and oxygen atoms in total. The summed E-state index contributed by atoms with van der Waals surface area (Å²) in [5, 5.41) is 0. The van der Waals surface area contributed by atoms with Gasteiger partial charge in [-0.15, -0.1) is 0 Å². The highest BCUT2D eigenvalue weighted by molar-refractivity contribution is 5.66. The molecule has 1 aromatic rings. The predicted molar refractivity (Wildman–Crippen MR) is 81.9 cm³/mol. The van der Waals surface area contributed by atoms with Crippen molar-refractivity contribution in [3.63, 3.8) is 0 Å². The van der Waals surface area contributed by atoms with Crippen LogP contribution in [0.2, 0.25) is 0 Å². The number of rotatable bonds is 5. The number of esters is 2. The predicted octanol–water partition coefficient (Wildman–Crippen LogP) is 2.19. The first-order chi connectivity index (χ1) is 11.0. The second-order valence-corrected chi connectivity index (χ2v) is 5.13. The summed E-state index contributed by atoms with van der Waals surface area (Å²) in [6, 6.07) is 7.46.